The Bertz CT molecular complexity index is 1660. The zero-order valence-corrected chi connectivity index (χ0v) is 27.1. The van der Waals surface area contributed by atoms with Crippen LogP contribution in [-0.2, 0) is 29.0 Å². The van der Waals surface area contributed by atoms with Gasteiger partial charge < -0.3 is 31.6 Å². The molecule has 0 aliphatic carbocycles. The van der Waals surface area contributed by atoms with E-state index in [9.17, 15) is 9.59 Å². The Kier molecular flexibility index (Phi) is 11.8. The fourth-order valence-corrected chi connectivity index (χ4v) is 5.94. The number of carbonyl (C=O) groups is 2. The van der Waals surface area contributed by atoms with E-state index in [0.29, 0.717) is 18.7 Å². The van der Waals surface area contributed by atoms with E-state index in [1.54, 1.807) is 18.7 Å². The summed E-state index contributed by atoms with van der Waals surface area (Å²) < 4.78 is 9.67. The molecule has 1 N–H and O–H groups in total. The number of ether oxygens (including phenoxy) is 1. The number of fused-ring (bicyclic) bond motifs is 3. The quantitative estimate of drug-likeness (QED) is 0.156. The van der Waals surface area contributed by atoms with Gasteiger partial charge in [0.05, 0.1) is 6.61 Å². The molecule has 0 radical (unpaired) electrons. The normalized spacial score (nSPS) is 11.7. The van der Waals surface area contributed by atoms with E-state index < -0.39 is 12.0 Å². The van der Waals surface area contributed by atoms with Crippen LogP contribution in [0, 0.1) is 0 Å². The molecule has 0 aliphatic rings. The number of pyridine rings is 1. The van der Waals surface area contributed by atoms with Gasteiger partial charge in [-0.05, 0) is 49.8 Å². The summed E-state index contributed by atoms with van der Waals surface area (Å²) in [5.74, 6) is 0.0574. The molecule has 0 aliphatic heterocycles. The Balaban J connectivity index is 0.00000423. The number of esters is 1. The molecule has 224 valence electrons. The topological polar surface area (TPSA) is 64.2 Å². The van der Waals surface area contributed by atoms with Crippen molar-refractivity contribution in [2.45, 2.75) is 45.3 Å². The van der Waals surface area contributed by atoms with Crippen LogP contribution in [0.25, 0.3) is 21.8 Å². The molecule has 0 saturated heterocycles. The molecular weight excluding hydrogens is 622 g/mol. The van der Waals surface area contributed by atoms with Crippen LogP contribution in [0.1, 0.15) is 41.4 Å². The van der Waals surface area contributed by atoms with Gasteiger partial charge in [-0.25, -0.2) is 4.79 Å². The van der Waals surface area contributed by atoms with Crippen molar-refractivity contribution in [3.63, 3.8) is 0 Å². The highest BCUT2D eigenvalue weighted by atomic mass is 79.9. The van der Waals surface area contributed by atoms with Gasteiger partial charge in [0.2, 0.25) is 0 Å². The largest absolute Gasteiger partial charge is 1.00 e. The van der Waals surface area contributed by atoms with Gasteiger partial charge in [-0.3, -0.25) is 4.79 Å². The lowest BCUT2D eigenvalue weighted by molar-refractivity contribution is -0.689. The standard InChI is InChI=1S/C35H37N3O3S.BrH/c1-3-41-35(40)30(20-22-42-2)36-34(39)32-23-29-28-18-10-11-19-31(28)38(21-12-17-26-13-6-4-7-14-26)33(29)25-37(32)24-27-15-8-5-9-16-27;/h4-11,13-16,18-19,23,25,30H,3,12,17,20-22,24H2,1-2H3;1H/t30-;/m0./s1. The number of aromatic nitrogens is 2. The molecule has 0 unspecified atom stereocenters. The fraction of sp³-hybridized carbons (Fsp3) is 0.286. The average Bonchev–Trinajstić information content (AvgIpc) is 3.32. The number of halogens is 1. The summed E-state index contributed by atoms with van der Waals surface area (Å²) in [5, 5.41) is 5.13. The number of para-hydroxylation sites is 1. The molecule has 1 amide bonds. The third-order valence-electron chi connectivity index (χ3n) is 7.53. The molecule has 5 rings (SSSR count). The Morgan fingerprint density at radius 2 is 1.58 bits per heavy atom. The van der Waals surface area contributed by atoms with Crippen molar-refractivity contribution in [3.05, 3.63) is 114 Å². The Morgan fingerprint density at radius 3 is 2.28 bits per heavy atom. The summed E-state index contributed by atoms with van der Waals surface area (Å²) in [6.07, 6.45) is 6.58. The number of nitrogens with one attached hydrogen (secondary N) is 1. The van der Waals surface area contributed by atoms with Crippen molar-refractivity contribution in [1.82, 2.24) is 9.88 Å². The van der Waals surface area contributed by atoms with E-state index in [2.05, 4.69) is 70.7 Å². The van der Waals surface area contributed by atoms with Gasteiger partial charge in [0.1, 0.15) is 11.6 Å². The lowest BCUT2D eigenvalue weighted by atomic mass is 10.1. The number of benzene rings is 3. The van der Waals surface area contributed by atoms with E-state index >= 15 is 0 Å². The first kappa shape index (κ1) is 32.3. The Labute approximate surface area is 268 Å². The Morgan fingerprint density at radius 1 is 0.907 bits per heavy atom. The van der Waals surface area contributed by atoms with E-state index in [4.69, 9.17) is 4.74 Å². The van der Waals surface area contributed by atoms with Crippen molar-refractivity contribution in [2.24, 2.45) is 0 Å². The summed E-state index contributed by atoms with van der Waals surface area (Å²) in [7, 11) is 0. The molecule has 0 saturated carbocycles. The maximum absolute atomic E-state index is 13.9. The molecule has 3 aromatic carbocycles. The molecular formula is C35H38BrN3O3S. The summed E-state index contributed by atoms with van der Waals surface area (Å²) in [5.41, 5.74) is 5.16. The van der Waals surface area contributed by atoms with E-state index in [1.807, 2.05) is 47.2 Å². The van der Waals surface area contributed by atoms with Crippen LogP contribution in [0.4, 0.5) is 0 Å². The highest BCUT2D eigenvalue weighted by Gasteiger charge is 2.29. The molecule has 43 heavy (non-hydrogen) atoms. The third-order valence-corrected chi connectivity index (χ3v) is 8.17. The van der Waals surface area contributed by atoms with Crippen molar-refractivity contribution in [1.29, 1.82) is 0 Å². The maximum Gasteiger partial charge on any atom is 0.328 e. The van der Waals surface area contributed by atoms with Crippen LogP contribution >= 0.6 is 11.8 Å². The van der Waals surface area contributed by atoms with Crippen LogP contribution in [0.5, 0.6) is 0 Å². The predicted molar refractivity (Wildman–Crippen MR) is 171 cm³/mol. The molecule has 8 heteroatoms. The maximum atomic E-state index is 13.9. The first-order valence-electron chi connectivity index (χ1n) is 14.6. The molecule has 5 aromatic rings. The highest BCUT2D eigenvalue weighted by Crippen LogP contribution is 2.29. The molecule has 2 heterocycles. The van der Waals surface area contributed by atoms with Gasteiger partial charge in [-0.15, -0.1) is 0 Å². The number of hydrogen-bond donors (Lipinski definition) is 1. The summed E-state index contributed by atoms with van der Waals surface area (Å²) in [4.78, 5) is 26.6. The van der Waals surface area contributed by atoms with E-state index in [0.717, 1.165) is 52.5 Å². The molecule has 2 aromatic heterocycles. The fourth-order valence-electron chi connectivity index (χ4n) is 5.47. The molecule has 0 bridgehead atoms. The monoisotopic (exact) mass is 659 g/mol. The second-order valence-electron chi connectivity index (χ2n) is 10.4. The number of aryl methyl sites for hydroxylation is 2. The summed E-state index contributed by atoms with van der Waals surface area (Å²) in [6.45, 7) is 3.44. The average molecular weight is 661 g/mol. The SMILES string of the molecule is CCOC(=O)[C@H](CCSC)NC(=O)c1cc2c3ccccc3n(CCCc3ccccc3)c2c[n+]1Cc1ccccc1.[Br-]. The molecule has 0 fully saturated rings. The smallest absolute Gasteiger partial charge is 0.328 e. The lowest BCUT2D eigenvalue weighted by Crippen LogP contribution is -3.00. The van der Waals surface area contributed by atoms with Crippen LogP contribution in [0.3, 0.4) is 0 Å². The van der Waals surface area contributed by atoms with Crippen LogP contribution in [-0.4, -0.2) is 41.1 Å². The summed E-state index contributed by atoms with van der Waals surface area (Å²) in [6, 6.07) is 30.4. The van der Waals surface area contributed by atoms with Gasteiger partial charge in [-0.1, -0.05) is 78.9 Å². The van der Waals surface area contributed by atoms with Crippen LogP contribution in [0.15, 0.2) is 97.2 Å². The molecule has 6 nitrogen and oxygen atoms in total. The van der Waals surface area contributed by atoms with Gasteiger partial charge in [0.15, 0.2) is 12.7 Å². The zero-order chi connectivity index (χ0) is 29.3. The first-order valence-corrected chi connectivity index (χ1v) is 16.0. The second kappa shape index (κ2) is 15.7. The number of thioether (sulfide) groups is 1. The Hall–Kier alpha value is -3.62. The van der Waals surface area contributed by atoms with E-state index in [-0.39, 0.29) is 29.5 Å². The second-order valence-corrected chi connectivity index (χ2v) is 11.4. The number of amides is 1. The van der Waals surface area contributed by atoms with Crippen molar-refractivity contribution >= 4 is 45.4 Å². The number of nitrogens with zero attached hydrogens (tertiary/aromatic N) is 2. The van der Waals surface area contributed by atoms with Gasteiger partial charge in [0, 0.05) is 34.5 Å². The minimum Gasteiger partial charge on any atom is -1.00 e. The van der Waals surface area contributed by atoms with Crippen LogP contribution < -0.4 is 26.9 Å². The highest BCUT2D eigenvalue weighted by molar-refractivity contribution is 7.98. The first-order chi connectivity index (χ1) is 20.6. The van der Waals surface area contributed by atoms with Crippen molar-refractivity contribution < 1.29 is 35.9 Å². The van der Waals surface area contributed by atoms with Crippen molar-refractivity contribution in [3.8, 4) is 0 Å². The van der Waals surface area contributed by atoms with Gasteiger partial charge >= 0.3 is 11.9 Å². The van der Waals surface area contributed by atoms with E-state index in [1.165, 1.54) is 5.56 Å². The lowest BCUT2D eigenvalue weighted by Gasteiger charge is -2.16. The molecule has 0 spiro atoms. The third kappa shape index (κ3) is 7.86. The van der Waals surface area contributed by atoms with Crippen molar-refractivity contribution in [2.75, 3.05) is 18.6 Å². The molecule has 1 atom stereocenters. The number of carbonyl (C=O) groups excluding carboxylic acids is 2. The van der Waals surface area contributed by atoms with Crippen LogP contribution in [0.2, 0.25) is 0 Å². The number of hydrogen-bond acceptors (Lipinski definition) is 4. The zero-order valence-electron chi connectivity index (χ0n) is 24.7. The minimum atomic E-state index is -0.704. The van der Waals surface area contributed by atoms with Gasteiger partial charge in [-0.2, -0.15) is 16.3 Å². The minimum absolute atomic E-state index is 0. The van der Waals surface area contributed by atoms with Gasteiger partial charge in [0.25, 0.3) is 5.69 Å². The number of rotatable bonds is 13. The summed E-state index contributed by atoms with van der Waals surface area (Å²) >= 11 is 1.64. The predicted octanol–water partition coefficient (Wildman–Crippen LogP) is 3.18.